The van der Waals surface area contributed by atoms with Gasteiger partial charge in [0.2, 0.25) is 0 Å². The van der Waals surface area contributed by atoms with Crippen LogP contribution in [0.25, 0.3) is 22.5 Å². The molecule has 235 valence electrons. The second kappa shape index (κ2) is 15.8. The molecule has 0 spiro atoms. The van der Waals surface area contributed by atoms with E-state index in [1.54, 1.807) is 49.5 Å². The summed E-state index contributed by atoms with van der Waals surface area (Å²) >= 11 is 0. The molecule has 46 heavy (non-hydrogen) atoms. The van der Waals surface area contributed by atoms with Gasteiger partial charge < -0.3 is 9.97 Å². The Kier molecular flexibility index (Phi) is 9.28. The summed E-state index contributed by atoms with van der Waals surface area (Å²) in [6.07, 6.45) is 1.36. The first kappa shape index (κ1) is 26.9. The Bertz CT molecular complexity index is 2100. The van der Waals surface area contributed by atoms with Gasteiger partial charge >= 0.3 is 0 Å². The number of benzene rings is 4. The zero-order valence-corrected chi connectivity index (χ0v) is 28.6. The molecule has 4 heteroatoms. The van der Waals surface area contributed by atoms with Crippen molar-refractivity contribution in [2.75, 3.05) is 0 Å². The van der Waals surface area contributed by atoms with Gasteiger partial charge in [-0.1, -0.05) is 100 Å². The van der Waals surface area contributed by atoms with E-state index in [-0.39, 0.29) is 31.1 Å². The fourth-order valence-corrected chi connectivity index (χ4v) is 4.77. The maximum Gasteiger partial charge on any atom is 0.0418 e. The van der Waals surface area contributed by atoms with Crippen LogP contribution in [0.2, 0.25) is 0 Å². The zero-order chi connectivity index (χ0) is 37.0. The molecule has 6 rings (SSSR count). The van der Waals surface area contributed by atoms with E-state index in [2.05, 4.69) is 55.0 Å². The van der Waals surface area contributed by atoms with Crippen molar-refractivity contribution in [2.45, 2.75) is 52.2 Å². The number of aryl methyl sites for hydroxylation is 1. The van der Waals surface area contributed by atoms with Gasteiger partial charge in [-0.3, -0.25) is 0 Å². The largest absolute Gasteiger partial charge is 0.305 e. The molecule has 2 nitrogen and oxygen atoms in total. The van der Waals surface area contributed by atoms with E-state index in [1.165, 1.54) is 30.0 Å². The van der Waals surface area contributed by atoms with Crippen LogP contribution in [0.1, 0.15) is 75.2 Å². The molecular weight excluding hydrogens is 744 g/mol. The Hall–Kier alpha value is -4.24. The van der Waals surface area contributed by atoms with Gasteiger partial charge in [-0.05, 0) is 63.9 Å². The molecule has 2 heterocycles. The molecule has 0 N–H and O–H groups in total. The van der Waals surface area contributed by atoms with Crippen molar-refractivity contribution >= 4 is 0 Å². The number of hydrogen-bond donors (Lipinski definition) is 0. The zero-order valence-electron chi connectivity index (χ0n) is 32.2. The Morgan fingerprint density at radius 1 is 0.804 bits per heavy atom. The third kappa shape index (κ3) is 9.16. The molecule has 0 saturated heterocycles. The van der Waals surface area contributed by atoms with E-state index >= 15 is 0 Å². The van der Waals surface area contributed by atoms with Gasteiger partial charge in [-0.25, -0.2) is 4.39 Å². The van der Waals surface area contributed by atoms with Gasteiger partial charge in [0.25, 0.3) is 0 Å². The summed E-state index contributed by atoms with van der Waals surface area (Å²) in [4.78, 5) is 8.63. The Morgan fingerprint density at radius 2 is 1.46 bits per heavy atom. The molecular formula is C42H39FIrN2-2. The first-order chi connectivity index (χ1) is 24.0. The Labute approximate surface area is 295 Å². The molecule has 2 aromatic heterocycles. The van der Waals surface area contributed by atoms with Gasteiger partial charge in [-0.15, -0.1) is 65.2 Å². The van der Waals surface area contributed by atoms with Crippen LogP contribution in [0.4, 0.5) is 4.39 Å². The molecule has 0 saturated carbocycles. The fraction of sp³-hybridized carbons (Fsp3) is 0.190. The normalized spacial score (nSPS) is 14.7. The van der Waals surface area contributed by atoms with Crippen LogP contribution >= 0.6 is 0 Å². The minimum Gasteiger partial charge on any atom is -0.305 e. The predicted octanol–water partition coefficient (Wildman–Crippen LogP) is 10.6. The summed E-state index contributed by atoms with van der Waals surface area (Å²) in [7, 11) is 0. The van der Waals surface area contributed by atoms with E-state index in [9.17, 15) is 4.39 Å². The summed E-state index contributed by atoms with van der Waals surface area (Å²) in [6, 6.07) is 39.6. The third-order valence-corrected chi connectivity index (χ3v) is 7.32. The van der Waals surface area contributed by atoms with Gasteiger partial charge in [0.05, 0.1) is 0 Å². The molecule has 0 aliphatic carbocycles. The molecule has 1 unspecified atom stereocenters. The summed E-state index contributed by atoms with van der Waals surface area (Å²) < 4.78 is 62.9. The van der Waals surface area contributed by atoms with Crippen LogP contribution in [-0.4, -0.2) is 9.97 Å². The second-order valence-corrected chi connectivity index (χ2v) is 11.7. The second-order valence-electron chi connectivity index (χ2n) is 11.7. The molecule has 1 radical (unpaired) electrons. The van der Waals surface area contributed by atoms with Crippen molar-refractivity contribution in [2.24, 2.45) is 0 Å². The number of pyridine rings is 2. The molecule has 0 aliphatic rings. The molecule has 0 fully saturated rings. The molecule has 0 bridgehead atoms. The standard InChI is InChI=1S/C22H22N.C20H17FN.Ir/c1-22(2,3)20-11-7-10-19(16-20)21-15-18(12-13-23-21)14-17-8-5-4-6-9-17;1-14-13-22-20(17-9-6-10-18(21)11-17)12-19(14)15(2)16-7-4-3-5-8-16;/h4-9,11-13,15-16H,14H2,1-3H3;3-8,10-13,15H,1-2H3;/q2*-1;/i14D2;1D3,15D;. The summed E-state index contributed by atoms with van der Waals surface area (Å²) in [5.41, 5.74) is 5.88. The first-order valence-corrected chi connectivity index (χ1v) is 14.8. The van der Waals surface area contributed by atoms with Crippen LogP contribution < -0.4 is 0 Å². The average Bonchev–Trinajstić information content (AvgIpc) is 3.12. The van der Waals surface area contributed by atoms with Crippen molar-refractivity contribution in [3.05, 3.63) is 179 Å². The predicted molar refractivity (Wildman–Crippen MR) is 184 cm³/mol. The Balaban J connectivity index is 0.000000228. The maximum atomic E-state index is 13.5. The van der Waals surface area contributed by atoms with Crippen molar-refractivity contribution in [3.8, 4) is 22.5 Å². The van der Waals surface area contributed by atoms with Crippen LogP contribution in [0, 0.1) is 24.8 Å². The molecule has 0 amide bonds. The van der Waals surface area contributed by atoms with E-state index in [0.29, 0.717) is 33.5 Å². The minimum absolute atomic E-state index is 0. The summed E-state index contributed by atoms with van der Waals surface area (Å²) in [5, 5.41) is 0. The SMILES string of the molecule is [2H]C([2H])([2H])c1cnc(-c2[c-]ccc(F)c2)cc1C([2H])(C)c1ccccc1.[2H]C([2H])(c1ccccc1)c1ccnc(-c2[c-]ccc(C(C)(C)C)c2)c1.[Ir]. The third-order valence-electron chi connectivity index (χ3n) is 7.32. The fourth-order valence-electron chi connectivity index (χ4n) is 4.77. The van der Waals surface area contributed by atoms with E-state index < -0.39 is 24.9 Å². The van der Waals surface area contributed by atoms with Crippen molar-refractivity contribution in [1.29, 1.82) is 0 Å². The number of halogens is 1. The number of aromatic nitrogens is 2. The molecule has 4 aromatic carbocycles. The van der Waals surface area contributed by atoms with E-state index in [1.807, 2.05) is 48.5 Å². The van der Waals surface area contributed by atoms with Crippen LogP contribution in [0.15, 0.2) is 128 Å². The van der Waals surface area contributed by atoms with Gasteiger partial charge in [0.1, 0.15) is 0 Å². The van der Waals surface area contributed by atoms with Crippen molar-refractivity contribution in [1.82, 2.24) is 9.97 Å². The van der Waals surface area contributed by atoms with Gasteiger partial charge in [-0.2, -0.15) is 0 Å². The number of rotatable bonds is 6. The van der Waals surface area contributed by atoms with Gasteiger partial charge in [0.15, 0.2) is 0 Å². The van der Waals surface area contributed by atoms with Gasteiger partial charge in [0, 0.05) is 52.4 Å². The summed E-state index contributed by atoms with van der Waals surface area (Å²) in [5.74, 6) is -1.74. The topological polar surface area (TPSA) is 25.8 Å². The summed E-state index contributed by atoms with van der Waals surface area (Å²) in [6.45, 7) is 5.74. The first-order valence-electron chi connectivity index (χ1n) is 17.8. The molecule has 6 aromatic rings. The van der Waals surface area contributed by atoms with Crippen LogP contribution in [-0.2, 0) is 31.9 Å². The number of hydrogen-bond acceptors (Lipinski definition) is 2. The Morgan fingerprint density at radius 3 is 2.13 bits per heavy atom. The quantitative estimate of drug-likeness (QED) is 0.157. The van der Waals surface area contributed by atoms with Crippen LogP contribution in [0.3, 0.4) is 0 Å². The average molecular weight is 789 g/mol. The maximum absolute atomic E-state index is 13.5. The monoisotopic (exact) mass is 789 g/mol. The minimum atomic E-state index is -2.41. The molecule has 1 atom stereocenters. The van der Waals surface area contributed by atoms with Crippen molar-refractivity contribution in [3.63, 3.8) is 0 Å². The van der Waals surface area contributed by atoms with E-state index in [0.717, 1.165) is 11.3 Å². The van der Waals surface area contributed by atoms with Crippen molar-refractivity contribution < 1.29 is 32.7 Å². The van der Waals surface area contributed by atoms with Crippen LogP contribution in [0.5, 0.6) is 0 Å². The number of nitrogens with zero attached hydrogens (tertiary/aromatic N) is 2. The molecule has 0 aliphatic heterocycles. The smallest absolute Gasteiger partial charge is 0.0418 e. The van der Waals surface area contributed by atoms with E-state index in [4.69, 9.17) is 8.22 Å².